The minimum atomic E-state index is -0.716. The number of hydrogen-bond acceptors (Lipinski definition) is 5. The average Bonchev–Trinajstić information content (AvgIpc) is 3.55. The Morgan fingerprint density at radius 1 is 1.03 bits per heavy atom. The molecule has 0 aromatic heterocycles. The van der Waals surface area contributed by atoms with Crippen LogP contribution in [0.1, 0.15) is 84.0 Å². The summed E-state index contributed by atoms with van der Waals surface area (Å²) in [5.41, 5.74) is 0.262. The molecular weight excluding hydrogens is 480 g/mol. The first-order valence-corrected chi connectivity index (χ1v) is 14.8. The molecule has 1 spiro atoms. The Balaban J connectivity index is 1.32. The van der Waals surface area contributed by atoms with Crippen LogP contribution >= 0.6 is 0 Å². The van der Waals surface area contributed by atoms with E-state index in [4.69, 9.17) is 4.74 Å². The van der Waals surface area contributed by atoms with Crippen LogP contribution in [-0.4, -0.2) is 78.6 Å². The number of amides is 3. The highest BCUT2D eigenvalue weighted by Gasteiger charge is 2.54. The Morgan fingerprint density at radius 3 is 2.42 bits per heavy atom. The molecule has 4 rings (SSSR count). The number of likely N-dealkylation sites (tertiary alicyclic amines) is 1. The number of carbonyl (C=O) groups is 3. The van der Waals surface area contributed by atoms with Crippen molar-refractivity contribution in [2.75, 3.05) is 44.4 Å². The van der Waals surface area contributed by atoms with Crippen molar-refractivity contribution in [3.05, 3.63) is 30.3 Å². The van der Waals surface area contributed by atoms with Crippen molar-refractivity contribution >= 4 is 23.4 Å². The fourth-order valence-corrected chi connectivity index (χ4v) is 6.10. The number of carbonyl (C=O) groups excluding carboxylic acids is 3. The third kappa shape index (κ3) is 7.07. The maximum atomic E-state index is 13.8. The van der Waals surface area contributed by atoms with Crippen molar-refractivity contribution in [1.29, 1.82) is 0 Å². The standard InChI is InChI=1S/C30H46N4O4/c1-2-3-4-5-6-7-11-16-28(36)32-19-17-30(18-20-32)29(37)33(24-34(30)25-13-9-8-10-14-25)23-27(35)31-22-26-15-12-21-38-26/h8-10,13-14,26H,2-7,11-12,15-24H2,1H3,(H,31,35). The van der Waals surface area contributed by atoms with E-state index in [0.717, 1.165) is 38.0 Å². The van der Waals surface area contributed by atoms with Crippen molar-refractivity contribution in [1.82, 2.24) is 15.1 Å². The van der Waals surface area contributed by atoms with E-state index in [9.17, 15) is 14.4 Å². The summed E-state index contributed by atoms with van der Waals surface area (Å²) in [5.74, 6) is 0.0458. The van der Waals surface area contributed by atoms with Gasteiger partial charge in [-0.3, -0.25) is 14.4 Å². The maximum Gasteiger partial charge on any atom is 0.250 e. The second kappa shape index (κ2) is 14.0. The summed E-state index contributed by atoms with van der Waals surface area (Å²) in [6.45, 7) is 5.02. The highest BCUT2D eigenvalue weighted by molar-refractivity contribution is 5.96. The third-order valence-corrected chi connectivity index (χ3v) is 8.40. The molecule has 1 unspecified atom stereocenters. The molecule has 1 aromatic rings. The van der Waals surface area contributed by atoms with Crippen LogP contribution in [0.15, 0.2) is 30.3 Å². The van der Waals surface area contributed by atoms with E-state index in [-0.39, 0.29) is 30.4 Å². The largest absolute Gasteiger partial charge is 0.376 e. The van der Waals surface area contributed by atoms with Crippen LogP contribution in [0.4, 0.5) is 5.69 Å². The predicted octanol–water partition coefficient (Wildman–Crippen LogP) is 4.09. The van der Waals surface area contributed by atoms with Crippen molar-refractivity contribution in [2.24, 2.45) is 0 Å². The number of hydrogen-bond donors (Lipinski definition) is 1. The van der Waals surface area contributed by atoms with E-state index >= 15 is 0 Å². The van der Waals surface area contributed by atoms with E-state index < -0.39 is 5.54 Å². The lowest BCUT2D eigenvalue weighted by Crippen LogP contribution is -2.57. The minimum absolute atomic E-state index is 0.00667. The van der Waals surface area contributed by atoms with Gasteiger partial charge in [0, 0.05) is 38.3 Å². The number of rotatable bonds is 13. The molecule has 0 saturated carbocycles. The molecule has 1 aromatic carbocycles. The lowest BCUT2D eigenvalue weighted by molar-refractivity contribution is -0.140. The van der Waals surface area contributed by atoms with Crippen LogP contribution in [0.25, 0.3) is 0 Å². The quantitative estimate of drug-likeness (QED) is 0.392. The van der Waals surface area contributed by atoms with Gasteiger partial charge in [-0.25, -0.2) is 0 Å². The second-order valence-electron chi connectivity index (χ2n) is 11.1. The average molecular weight is 527 g/mol. The van der Waals surface area contributed by atoms with E-state index in [0.29, 0.717) is 45.6 Å². The molecule has 8 heteroatoms. The molecule has 8 nitrogen and oxygen atoms in total. The first-order chi connectivity index (χ1) is 18.5. The number of para-hydroxylation sites is 1. The van der Waals surface area contributed by atoms with Crippen LogP contribution < -0.4 is 10.2 Å². The van der Waals surface area contributed by atoms with Gasteiger partial charge in [-0.2, -0.15) is 0 Å². The normalized spacial score (nSPS) is 20.9. The van der Waals surface area contributed by atoms with Gasteiger partial charge in [-0.05, 0) is 44.2 Å². The zero-order chi connectivity index (χ0) is 26.8. The topological polar surface area (TPSA) is 82.2 Å². The Hall–Kier alpha value is -2.61. The van der Waals surface area contributed by atoms with Crippen LogP contribution in [0.3, 0.4) is 0 Å². The molecule has 3 heterocycles. The van der Waals surface area contributed by atoms with Crippen LogP contribution in [-0.2, 0) is 19.1 Å². The Kier molecular flexibility index (Phi) is 10.4. The number of unbranched alkanes of at least 4 members (excludes halogenated alkanes) is 6. The summed E-state index contributed by atoms with van der Waals surface area (Å²) in [7, 11) is 0. The number of ether oxygens (including phenoxy) is 1. The molecule has 0 aliphatic carbocycles. The van der Waals surface area contributed by atoms with Crippen molar-refractivity contribution in [2.45, 2.75) is 95.6 Å². The van der Waals surface area contributed by atoms with Gasteiger partial charge in [0.05, 0.1) is 12.8 Å². The number of piperidine rings is 1. The number of nitrogens with one attached hydrogen (secondary N) is 1. The van der Waals surface area contributed by atoms with E-state index in [2.05, 4.69) is 17.1 Å². The van der Waals surface area contributed by atoms with Gasteiger partial charge in [-0.1, -0.05) is 63.6 Å². The van der Waals surface area contributed by atoms with Gasteiger partial charge in [0.15, 0.2) is 0 Å². The summed E-state index contributed by atoms with van der Waals surface area (Å²) in [6.07, 6.45) is 12.2. The molecule has 1 atom stereocenters. The van der Waals surface area contributed by atoms with Crippen molar-refractivity contribution in [3.8, 4) is 0 Å². The molecule has 3 amide bonds. The Bertz CT molecular complexity index is 910. The van der Waals surface area contributed by atoms with Crippen molar-refractivity contribution in [3.63, 3.8) is 0 Å². The SMILES string of the molecule is CCCCCCCCCC(=O)N1CCC2(CC1)C(=O)N(CC(=O)NCC1CCCO1)CN2c1ccccc1. The predicted molar refractivity (Wildman–Crippen MR) is 149 cm³/mol. The smallest absolute Gasteiger partial charge is 0.250 e. The first-order valence-electron chi connectivity index (χ1n) is 14.8. The third-order valence-electron chi connectivity index (χ3n) is 8.40. The van der Waals surface area contributed by atoms with Gasteiger partial charge in [-0.15, -0.1) is 0 Å². The molecule has 3 fully saturated rings. The summed E-state index contributed by atoms with van der Waals surface area (Å²) < 4.78 is 5.60. The molecule has 0 radical (unpaired) electrons. The molecule has 3 aliphatic rings. The van der Waals surface area contributed by atoms with Crippen LogP contribution in [0, 0.1) is 0 Å². The van der Waals surface area contributed by atoms with E-state index in [1.54, 1.807) is 4.90 Å². The highest BCUT2D eigenvalue weighted by Crippen LogP contribution is 2.39. The lowest BCUT2D eigenvalue weighted by atomic mass is 9.85. The fourth-order valence-electron chi connectivity index (χ4n) is 6.10. The molecule has 1 N–H and O–H groups in total. The Morgan fingerprint density at radius 2 is 1.74 bits per heavy atom. The molecule has 3 saturated heterocycles. The minimum Gasteiger partial charge on any atom is -0.376 e. The van der Waals surface area contributed by atoms with E-state index in [1.807, 2.05) is 35.2 Å². The van der Waals surface area contributed by atoms with Crippen LogP contribution in [0.5, 0.6) is 0 Å². The second-order valence-corrected chi connectivity index (χ2v) is 11.1. The number of benzene rings is 1. The van der Waals surface area contributed by atoms with Gasteiger partial charge in [0.2, 0.25) is 11.8 Å². The summed E-state index contributed by atoms with van der Waals surface area (Å²) in [6, 6.07) is 9.97. The monoisotopic (exact) mass is 526 g/mol. The molecule has 38 heavy (non-hydrogen) atoms. The molecule has 210 valence electrons. The highest BCUT2D eigenvalue weighted by atomic mass is 16.5. The van der Waals surface area contributed by atoms with Gasteiger partial charge >= 0.3 is 0 Å². The lowest BCUT2D eigenvalue weighted by Gasteiger charge is -2.43. The Labute approximate surface area is 228 Å². The molecule has 3 aliphatic heterocycles. The summed E-state index contributed by atoms with van der Waals surface area (Å²) in [4.78, 5) is 45.2. The van der Waals surface area contributed by atoms with Crippen molar-refractivity contribution < 1.29 is 19.1 Å². The molecular formula is C30H46N4O4. The van der Waals surface area contributed by atoms with Gasteiger partial charge in [0.25, 0.3) is 5.91 Å². The van der Waals surface area contributed by atoms with E-state index in [1.165, 1.54) is 32.1 Å². The van der Waals surface area contributed by atoms with Gasteiger partial charge in [0.1, 0.15) is 12.1 Å². The number of anilines is 1. The fraction of sp³-hybridized carbons (Fsp3) is 0.700. The summed E-state index contributed by atoms with van der Waals surface area (Å²) in [5, 5.41) is 2.95. The zero-order valence-corrected chi connectivity index (χ0v) is 23.2. The number of nitrogens with zero attached hydrogens (tertiary/aromatic N) is 3. The zero-order valence-electron chi connectivity index (χ0n) is 23.2. The first kappa shape index (κ1) is 28.4. The molecule has 0 bridgehead atoms. The summed E-state index contributed by atoms with van der Waals surface area (Å²) >= 11 is 0. The maximum absolute atomic E-state index is 13.8. The van der Waals surface area contributed by atoms with Gasteiger partial charge < -0.3 is 24.8 Å². The van der Waals surface area contributed by atoms with Crippen LogP contribution in [0.2, 0.25) is 0 Å².